The smallest absolute Gasteiger partial charge is 0.163 e. The summed E-state index contributed by atoms with van der Waals surface area (Å²) in [7, 11) is 0. The predicted octanol–water partition coefficient (Wildman–Crippen LogP) is 3.73. The number of phenolic OH excluding ortho intramolecular Hbond substituents is 1. The molecule has 0 spiro atoms. The molecule has 1 aromatic heterocycles. The Balaban J connectivity index is 2.21. The molecule has 3 aromatic rings. The van der Waals surface area contributed by atoms with Crippen LogP contribution in [0.15, 0.2) is 54.7 Å². The zero-order chi connectivity index (χ0) is 14.8. The third-order valence-corrected chi connectivity index (χ3v) is 3.57. The highest BCUT2D eigenvalue weighted by molar-refractivity contribution is 6.03. The predicted molar refractivity (Wildman–Crippen MR) is 82.7 cm³/mol. The van der Waals surface area contributed by atoms with Crippen molar-refractivity contribution in [2.75, 3.05) is 0 Å². The maximum Gasteiger partial charge on any atom is 0.163 e. The summed E-state index contributed by atoms with van der Waals surface area (Å²) < 4.78 is 0. The molecule has 104 valence electrons. The first-order valence-electron chi connectivity index (χ1n) is 6.81. The molecule has 1 N–H and O–H groups in total. The van der Waals surface area contributed by atoms with Gasteiger partial charge in [-0.2, -0.15) is 0 Å². The number of hydrogen-bond acceptors (Lipinski definition) is 3. The van der Waals surface area contributed by atoms with Crippen molar-refractivity contribution < 1.29 is 9.90 Å². The van der Waals surface area contributed by atoms with Crippen LogP contribution in [-0.2, 0) is 6.42 Å². The summed E-state index contributed by atoms with van der Waals surface area (Å²) >= 11 is 0. The lowest BCUT2D eigenvalue weighted by Gasteiger charge is -2.11. The number of ketones is 1. The van der Waals surface area contributed by atoms with Gasteiger partial charge in [-0.25, -0.2) is 0 Å². The van der Waals surface area contributed by atoms with Gasteiger partial charge in [0.25, 0.3) is 0 Å². The summed E-state index contributed by atoms with van der Waals surface area (Å²) in [5.74, 6) is -0.190. The number of carbonyl (C=O) groups excluding carboxylic acids is 1. The number of phenols is 1. The van der Waals surface area contributed by atoms with E-state index in [-0.39, 0.29) is 11.5 Å². The molecule has 0 aliphatic rings. The van der Waals surface area contributed by atoms with Gasteiger partial charge in [-0.3, -0.25) is 9.78 Å². The monoisotopic (exact) mass is 277 g/mol. The molecule has 3 nitrogen and oxygen atoms in total. The first-order valence-corrected chi connectivity index (χ1v) is 6.81. The largest absolute Gasteiger partial charge is 0.505 e. The second-order valence-electron chi connectivity index (χ2n) is 5.05. The van der Waals surface area contributed by atoms with Crippen LogP contribution in [0.1, 0.15) is 28.4 Å². The van der Waals surface area contributed by atoms with Crippen LogP contribution in [0.25, 0.3) is 10.9 Å². The van der Waals surface area contributed by atoms with E-state index in [1.54, 1.807) is 12.3 Å². The Morgan fingerprint density at radius 2 is 1.90 bits per heavy atom. The summed E-state index contributed by atoms with van der Waals surface area (Å²) in [6.07, 6.45) is 2.32. The summed E-state index contributed by atoms with van der Waals surface area (Å²) in [5, 5.41) is 11.1. The Morgan fingerprint density at radius 3 is 2.62 bits per heavy atom. The number of rotatable bonds is 3. The second-order valence-corrected chi connectivity index (χ2v) is 5.05. The lowest BCUT2D eigenvalue weighted by Crippen LogP contribution is -1.99. The second kappa shape index (κ2) is 5.37. The number of nitrogens with zero attached hydrogens (tertiary/aromatic N) is 1. The Kier molecular flexibility index (Phi) is 3.40. The van der Waals surface area contributed by atoms with Gasteiger partial charge < -0.3 is 5.11 Å². The molecule has 0 saturated carbocycles. The van der Waals surface area contributed by atoms with Crippen LogP contribution >= 0.6 is 0 Å². The van der Waals surface area contributed by atoms with E-state index in [1.807, 2.05) is 42.5 Å². The van der Waals surface area contributed by atoms with Gasteiger partial charge in [0, 0.05) is 11.6 Å². The quantitative estimate of drug-likeness (QED) is 0.742. The summed E-state index contributed by atoms with van der Waals surface area (Å²) in [6, 6.07) is 15.6. The standard InChI is InChI=1S/C18H15NO2/c1-12(20)16-11-14(10-13-6-3-2-4-7-13)15-8-5-9-19-17(15)18(16)21/h2-9,11,21H,10H2,1H3. The van der Waals surface area contributed by atoms with E-state index in [9.17, 15) is 9.90 Å². The molecule has 0 unspecified atom stereocenters. The van der Waals surface area contributed by atoms with E-state index in [1.165, 1.54) is 6.92 Å². The number of hydrogen-bond donors (Lipinski definition) is 1. The molecule has 0 atom stereocenters. The highest BCUT2D eigenvalue weighted by Crippen LogP contribution is 2.31. The van der Waals surface area contributed by atoms with Gasteiger partial charge in [-0.05, 0) is 36.6 Å². The zero-order valence-corrected chi connectivity index (χ0v) is 11.7. The molecule has 0 fully saturated rings. The van der Waals surface area contributed by atoms with Crippen LogP contribution in [0.3, 0.4) is 0 Å². The van der Waals surface area contributed by atoms with Gasteiger partial charge >= 0.3 is 0 Å². The van der Waals surface area contributed by atoms with Gasteiger partial charge in [-0.1, -0.05) is 36.4 Å². The molecular formula is C18H15NO2. The summed E-state index contributed by atoms with van der Waals surface area (Å²) in [5.41, 5.74) is 2.96. The van der Waals surface area contributed by atoms with Gasteiger partial charge in [0.1, 0.15) is 5.52 Å². The van der Waals surface area contributed by atoms with Crippen molar-refractivity contribution in [3.8, 4) is 5.75 Å². The molecule has 0 aliphatic carbocycles. The minimum absolute atomic E-state index is 0.0325. The Labute approximate surface area is 122 Å². The number of aromatic hydroxyl groups is 1. The SMILES string of the molecule is CC(=O)c1cc(Cc2ccccc2)c2cccnc2c1O. The zero-order valence-electron chi connectivity index (χ0n) is 11.7. The van der Waals surface area contributed by atoms with E-state index >= 15 is 0 Å². The van der Waals surface area contributed by atoms with Crippen molar-refractivity contribution in [3.05, 3.63) is 71.4 Å². The third-order valence-electron chi connectivity index (χ3n) is 3.57. The number of carbonyl (C=O) groups is 1. The van der Waals surface area contributed by atoms with Crippen molar-refractivity contribution >= 4 is 16.7 Å². The minimum atomic E-state index is -0.158. The van der Waals surface area contributed by atoms with Gasteiger partial charge in [0.2, 0.25) is 0 Å². The van der Waals surface area contributed by atoms with Crippen LogP contribution in [-0.4, -0.2) is 15.9 Å². The van der Waals surface area contributed by atoms with Crippen LogP contribution in [0.2, 0.25) is 0 Å². The first-order chi connectivity index (χ1) is 10.2. The number of aromatic nitrogens is 1. The van der Waals surface area contributed by atoms with Crippen molar-refractivity contribution in [1.29, 1.82) is 0 Å². The van der Waals surface area contributed by atoms with Gasteiger partial charge in [-0.15, -0.1) is 0 Å². The normalized spacial score (nSPS) is 10.7. The van der Waals surface area contributed by atoms with E-state index < -0.39 is 0 Å². The highest BCUT2D eigenvalue weighted by atomic mass is 16.3. The molecular weight excluding hydrogens is 262 g/mol. The number of pyridine rings is 1. The average molecular weight is 277 g/mol. The van der Waals surface area contributed by atoms with E-state index in [2.05, 4.69) is 4.98 Å². The Bertz CT molecular complexity index is 810. The van der Waals surface area contributed by atoms with E-state index in [0.29, 0.717) is 17.5 Å². The van der Waals surface area contributed by atoms with Crippen molar-refractivity contribution in [3.63, 3.8) is 0 Å². The lowest BCUT2D eigenvalue weighted by atomic mass is 9.96. The Hall–Kier alpha value is -2.68. The molecule has 1 heterocycles. The maximum absolute atomic E-state index is 11.7. The number of Topliss-reactive ketones (excluding diaryl/α,β-unsaturated/α-hetero) is 1. The Morgan fingerprint density at radius 1 is 1.14 bits per heavy atom. The molecule has 0 aliphatic heterocycles. The topological polar surface area (TPSA) is 50.2 Å². The molecule has 0 bridgehead atoms. The average Bonchev–Trinajstić information content (AvgIpc) is 2.51. The summed E-state index contributed by atoms with van der Waals surface area (Å²) in [6.45, 7) is 1.45. The van der Waals surface area contributed by atoms with Gasteiger partial charge in [0.05, 0.1) is 5.56 Å². The first kappa shape index (κ1) is 13.3. The van der Waals surface area contributed by atoms with Crippen LogP contribution in [0.4, 0.5) is 0 Å². The van der Waals surface area contributed by atoms with Crippen LogP contribution < -0.4 is 0 Å². The molecule has 21 heavy (non-hydrogen) atoms. The highest BCUT2D eigenvalue weighted by Gasteiger charge is 2.15. The van der Waals surface area contributed by atoms with Crippen molar-refractivity contribution in [2.24, 2.45) is 0 Å². The van der Waals surface area contributed by atoms with Crippen molar-refractivity contribution in [2.45, 2.75) is 13.3 Å². The molecule has 0 saturated heterocycles. The van der Waals surface area contributed by atoms with Crippen molar-refractivity contribution in [1.82, 2.24) is 4.98 Å². The molecule has 3 heteroatoms. The fourth-order valence-corrected chi connectivity index (χ4v) is 2.53. The lowest BCUT2D eigenvalue weighted by molar-refractivity contribution is 0.101. The third kappa shape index (κ3) is 2.50. The number of benzene rings is 2. The van der Waals surface area contributed by atoms with Crippen LogP contribution in [0.5, 0.6) is 5.75 Å². The fourth-order valence-electron chi connectivity index (χ4n) is 2.53. The van der Waals surface area contributed by atoms with E-state index in [0.717, 1.165) is 16.5 Å². The van der Waals surface area contributed by atoms with Crippen LogP contribution in [0, 0.1) is 0 Å². The minimum Gasteiger partial charge on any atom is -0.505 e. The maximum atomic E-state index is 11.7. The summed E-state index contributed by atoms with van der Waals surface area (Å²) in [4.78, 5) is 16.0. The molecule has 2 aromatic carbocycles. The fraction of sp³-hybridized carbons (Fsp3) is 0.111. The van der Waals surface area contributed by atoms with Gasteiger partial charge in [0.15, 0.2) is 11.5 Å². The molecule has 0 amide bonds. The van der Waals surface area contributed by atoms with E-state index in [4.69, 9.17) is 0 Å². The number of fused-ring (bicyclic) bond motifs is 1. The molecule has 3 rings (SSSR count). The molecule has 0 radical (unpaired) electrons.